The van der Waals surface area contributed by atoms with Crippen molar-refractivity contribution in [3.63, 3.8) is 0 Å². The summed E-state index contributed by atoms with van der Waals surface area (Å²) < 4.78 is 24.8. The predicted octanol–water partition coefficient (Wildman–Crippen LogP) is 1.48. The average Bonchev–Trinajstić information content (AvgIpc) is 3.34. The highest BCUT2D eigenvalue weighted by Gasteiger charge is 2.24. The van der Waals surface area contributed by atoms with Crippen molar-refractivity contribution in [1.29, 1.82) is 0 Å². The number of sulfone groups is 1. The summed E-state index contributed by atoms with van der Waals surface area (Å²) in [5.41, 5.74) is 1.51. The van der Waals surface area contributed by atoms with E-state index in [-0.39, 0.29) is 17.3 Å². The molecular formula is C22H25N5O5S. The number of carbonyl (C=O) groups is 1. The number of likely N-dealkylation sites (N-methyl/N-ethyl adjacent to an activating group) is 1. The van der Waals surface area contributed by atoms with Gasteiger partial charge in [-0.1, -0.05) is 42.5 Å². The summed E-state index contributed by atoms with van der Waals surface area (Å²) in [5, 5.41) is 16.9. The van der Waals surface area contributed by atoms with Crippen LogP contribution in [0.15, 0.2) is 70.6 Å². The lowest BCUT2D eigenvalue weighted by molar-refractivity contribution is -0.387. The van der Waals surface area contributed by atoms with Crippen LogP contribution in [0.2, 0.25) is 0 Å². The highest BCUT2D eigenvalue weighted by atomic mass is 32.2. The van der Waals surface area contributed by atoms with Gasteiger partial charge in [-0.2, -0.15) is 0 Å². The maximum Gasteiger partial charge on any atom is 0.288 e. The molecule has 0 aromatic heterocycles. The van der Waals surface area contributed by atoms with Crippen LogP contribution in [0, 0.1) is 10.1 Å². The van der Waals surface area contributed by atoms with Crippen LogP contribution in [-0.4, -0.2) is 62.5 Å². The molecule has 1 aliphatic rings. The molecule has 0 radical (unpaired) electrons. The van der Waals surface area contributed by atoms with Crippen LogP contribution in [-0.2, 0) is 21.2 Å². The molecule has 0 bridgehead atoms. The van der Waals surface area contributed by atoms with E-state index in [1.807, 2.05) is 24.3 Å². The highest BCUT2D eigenvalue weighted by Crippen LogP contribution is 2.23. The van der Waals surface area contributed by atoms with Crippen LogP contribution in [0.4, 0.5) is 5.69 Å². The number of carbonyl (C=O) groups excluding carboxylic acids is 1. The second kappa shape index (κ2) is 10.8. The third-order valence-corrected chi connectivity index (χ3v) is 6.51. The van der Waals surface area contributed by atoms with E-state index in [2.05, 4.69) is 15.6 Å². The van der Waals surface area contributed by atoms with E-state index in [9.17, 15) is 23.3 Å². The normalized spacial score (nSPS) is 13.5. The molecule has 1 aliphatic heterocycles. The lowest BCUT2D eigenvalue weighted by atomic mass is 10.1. The number of nitrogens with zero attached hydrogens (tertiary/aromatic N) is 3. The Kier molecular flexibility index (Phi) is 7.91. The molecular weight excluding hydrogens is 446 g/mol. The Balaban J connectivity index is 1.47. The number of amidine groups is 1. The van der Waals surface area contributed by atoms with Gasteiger partial charge >= 0.3 is 0 Å². The molecule has 0 atom stereocenters. The monoisotopic (exact) mass is 471 g/mol. The maximum absolute atomic E-state index is 12.4. The molecule has 2 N–H and O–H groups in total. The van der Waals surface area contributed by atoms with E-state index in [4.69, 9.17) is 0 Å². The van der Waals surface area contributed by atoms with E-state index >= 15 is 0 Å². The minimum Gasteiger partial charge on any atom is -0.368 e. The average molecular weight is 472 g/mol. The Morgan fingerprint density at radius 3 is 2.64 bits per heavy atom. The molecule has 0 aliphatic carbocycles. The number of nitrogens with one attached hydrogen (secondary N) is 2. The van der Waals surface area contributed by atoms with E-state index in [1.54, 1.807) is 11.9 Å². The van der Waals surface area contributed by atoms with E-state index in [0.29, 0.717) is 6.54 Å². The lowest BCUT2D eigenvalue weighted by Crippen LogP contribution is -2.26. The van der Waals surface area contributed by atoms with Gasteiger partial charge in [0, 0.05) is 44.4 Å². The second-order valence-electron chi connectivity index (χ2n) is 7.39. The molecule has 1 amide bonds. The van der Waals surface area contributed by atoms with Crippen molar-refractivity contribution in [1.82, 2.24) is 15.5 Å². The van der Waals surface area contributed by atoms with Gasteiger partial charge in [0.1, 0.15) is 16.6 Å². The molecule has 0 saturated heterocycles. The molecule has 33 heavy (non-hydrogen) atoms. The zero-order valence-corrected chi connectivity index (χ0v) is 18.9. The van der Waals surface area contributed by atoms with Crippen LogP contribution >= 0.6 is 0 Å². The highest BCUT2D eigenvalue weighted by molar-refractivity contribution is 7.91. The molecule has 0 saturated carbocycles. The van der Waals surface area contributed by atoms with Crippen LogP contribution < -0.4 is 10.6 Å². The predicted molar refractivity (Wildman–Crippen MR) is 125 cm³/mol. The summed E-state index contributed by atoms with van der Waals surface area (Å²) in [6, 6.07) is 13.0. The van der Waals surface area contributed by atoms with Crippen LogP contribution in [0.3, 0.4) is 0 Å². The Labute approximate surface area is 192 Å². The van der Waals surface area contributed by atoms with E-state index in [0.717, 1.165) is 36.1 Å². The number of hydrogen-bond donors (Lipinski definition) is 2. The molecule has 2 aromatic carbocycles. The summed E-state index contributed by atoms with van der Waals surface area (Å²) in [4.78, 5) is 28.2. The summed E-state index contributed by atoms with van der Waals surface area (Å²) in [7, 11) is -2.22. The fourth-order valence-electron chi connectivity index (χ4n) is 3.22. The smallest absolute Gasteiger partial charge is 0.288 e. The molecule has 1 heterocycles. The topological polar surface area (TPSA) is 134 Å². The number of benzene rings is 2. The van der Waals surface area contributed by atoms with Crippen molar-refractivity contribution in [2.45, 2.75) is 11.4 Å². The van der Waals surface area contributed by atoms with Crippen LogP contribution in [0.5, 0.6) is 0 Å². The molecule has 174 valence electrons. The number of aliphatic imine (C=N–C) groups is 1. The Hall–Kier alpha value is -3.57. The standard InChI is InChI=1S/C22H25N5O5S/c1-26(15-17-8-10-18(11-9-17)22-24-13-14-25-22)21(28)7-4-12-23-16-33(31,32)20-6-3-2-5-19(20)27(29)30/h2-11,23H,12-16H2,1H3,(H,24,25). The van der Waals surface area contributed by atoms with Crippen molar-refractivity contribution in [3.05, 3.63) is 81.9 Å². The number of rotatable bonds is 10. The minimum absolute atomic E-state index is 0.114. The van der Waals surface area contributed by atoms with Gasteiger partial charge in [-0.25, -0.2) is 8.42 Å². The third kappa shape index (κ3) is 6.46. The summed E-state index contributed by atoms with van der Waals surface area (Å²) in [6.07, 6.45) is 2.87. The Morgan fingerprint density at radius 1 is 1.24 bits per heavy atom. The first-order valence-electron chi connectivity index (χ1n) is 10.2. The number of hydrogen-bond acceptors (Lipinski definition) is 8. The van der Waals surface area contributed by atoms with Gasteiger partial charge in [-0.05, 0) is 11.6 Å². The number of nitro benzene ring substituents is 1. The Bertz CT molecular complexity index is 1180. The summed E-state index contributed by atoms with van der Waals surface area (Å²) in [5.74, 6) is 0.160. The lowest BCUT2D eigenvalue weighted by Gasteiger charge is -2.15. The SMILES string of the molecule is CN(Cc1ccc(C2=NCCN2)cc1)C(=O)C=CCNCS(=O)(=O)c1ccccc1[N+](=O)[O-]. The number of nitro groups is 1. The summed E-state index contributed by atoms with van der Waals surface area (Å²) >= 11 is 0. The van der Waals surface area contributed by atoms with Crippen LogP contribution in [0.1, 0.15) is 11.1 Å². The molecule has 3 rings (SSSR count). The molecule has 11 heteroatoms. The Morgan fingerprint density at radius 2 is 1.97 bits per heavy atom. The van der Waals surface area contributed by atoms with Gasteiger partial charge in [-0.3, -0.25) is 25.2 Å². The third-order valence-electron chi connectivity index (χ3n) is 4.91. The maximum atomic E-state index is 12.4. The molecule has 0 spiro atoms. The zero-order chi connectivity index (χ0) is 23.8. The van der Waals surface area contributed by atoms with Gasteiger partial charge in [0.15, 0.2) is 9.84 Å². The minimum atomic E-state index is -3.90. The molecule has 0 unspecified atom stereocenters. The molecule has 2 aromatic rings. The first kappa shape index (κ1) is 24.1. The quantitative estimate of drug-likeness (QED) is 0.232. The number of para-hydroxylation sites is 1. The fraction of sp³-hybridized carbons (Fsp3) is 0.273. The van der Waals surface area contributed by atoms with Crippen molar-refractivity contribution < 1.29 is 18.1 Å². The van der Waals surface area contributed by atoms with Gasteiger partial charge in [-0.15, -0.1) is 0 Å². The largest absolute Gasteiger partial charge is 0.368 e. The van der Waals surface area contributed by atoms with E-state index < -0.39 is 26.3 Å². The molecule has 10 nitrogen and oxygen atoms in total. The van der Waals surface area contributed by atoms with Crippen molar-refractivity contribution in [3.8, 4) is 0 Å². The van der Waals surface area contributed by atoms with Gasteiger partial charge in [0.2, 0.25) is 5.91 Å². The second-order valence-corrected chi connectivity index (χ2v) is 9.35. The van der Waals surface area contributed by atoms with Gasteiger partial charge < -0.3 is 10.2 Å². The van der Waals surface area contributed by atoms with Gasteiger partial charge in [0.25, 0.3) is 5.69 Å². The van der Waals surface area contributed by atoms with Gasteiger partial charge in [0.05, 0.1) is 11.5 Å². The van der Waals surface area contributed by atoms with Crippen molar-refractivity contribution in [2.75, 3.05) is 32.6 Å². The first-order valence-corrected chi connectivity index (χ1v) is 11.9. The van der Waals surface area contributed by atoms with Crippen LogP contribution in [0.25, 0.3) is 0 Å². The van der Waals surface area contributed by atoms with E-state index in [1.165, 1.54) is 30.4 Å². The van der Waals surface area contributed by atoms with Crippen molar-refractivity contribution >= 4 is 27.3 Å². The van der Waals surface area contributed by atoms with Crippen molar-refractivity contribution in [2.24, 2.45) is 4.99 Å². The fourth-order valence-corrected chi connectivity index (χ4v) is 4.51. The zero-order valence-electron chi connectivity index (χ0n) is 18.1. The summed E-state index contributed by atoms with van der Waals surface area (Å²) in [6.45, 7) is 2.15. The number of amides is 1. The first-order chi connectivity index (χ1) is 15.8. The molecule has 0 fully saturated rings.